The number of nitrogens with zero attached hydrogens (tertiary/aromatic N) is 1. The summed E-state index contributed by atoms with van der Waals surface area (Å²) in [6.07, 6.45) is 0.366. The summed E-state index contributed by atoms with van der Waals surface area (Å²) in [6.45, 7) is 0.272. The second-order valence-electron chi connectivity index (χ2n) is 4.29. The molecule has 1 aromatic heterocycles. The van der Waals surface area contributed by atoms with Crippen molar-refractivity contribution in [3.8, 4) is 0 Å². The van der Waals surface area contributed by atoms with E-state index in [0.29, 0.717) is 17.3 Å². The second kappa shape index (κ2) is 6.10. The van der Waals surface area contributed by atoms with E-state index in [2.05, 4.69) is 10.3 Å². The van der Waals surface area contributed by atoms with Crippen LogP contribution >= 0.6 is 0 Å². The summed E-state index contributed by atoms with van der Waals surface area (Å²) in [5.74, 6) is -1.63. The second-order valence-corrected chi connectivity index (χ2v) is 4.29. The lowest BCUT2D eigenvalue weighted by Gasteiger charge is -2.05. The molecule has 2 aromatic rings. The number of pyridine rings is 1. The topological polar surface area (TPSA) is 79.3 Å². The van der Waals surface area contributed by atoms with Gasteiger partial charge in [-0.25, -0.2) is 9.37 Å². The molecule has 0 aliphatic carbocycles. The molecule has 20 heavy (non-hydrogen) atoms. The molecule has 1 aromatic carbocycles. The first-order valence-corrected chi connectivity index (χ1v) is 6.12. The third kappa shape index (κ3) is 3.50. The minimum Gasteiger partial charge on any atom is -0.481 e. The standard InChI is InChI=1S/C14H13FN2O3/c15-10-4-6-11-9(8-10)3-5-12(17-11)14(20)16-7-1-2-13(18)19/h3-6,8H,1-2,7H2,(H,16,20)(H,18,19). The van der Waals surface area contributed by atoms with Gasteiger partial charge in [-0.05, 0) is 30.7 Å². The van der Waals surface area contributed by atoms with Crippen molar-refractivity contribution in [2.24, 2.45) is 0 Å². The minimum atomic E-state index is -0.898. The van der Waals surface area contributed by atoms with Crippen LogP contribution in [0.15, 0.2) is 30.3 Å². The zero-order valence-corrected chi connectivity index (χ0v) is 10.6. The first kappa shape index (κ1) is 13.9. The molecule has 0 unspecified atom stereocenters. The van der Waals surface area contributed by atoms with Crippen LogP contribution < -0.4 is 5.32 Å². The molecule has 0 fully saturated rings. The quantitative estimate of drug-likeness (QED) is 0.818. The number of aliphatic carboxylic acids is 1. The third-order valence-electron chi connectivity index (χ3n) is 2.74. The summed E-state index contributed by atoms with van der Waals surface area (Å²) in [5, 5.41) is 11.7. The predicted molar refractivity (Wildman–Crippen MR) is 70.9 cm³/mol. The van der Waals surface area contributed by atoms with E-state index < -0.39 is 5.97 Å². The lowest BCUT2D eigenvalue weighted by Crippen LogP contribution is -2.25. The van der Waals surface area contributed by atoms with Crippen molar-refractivity contribution < 1.29 is 19.1 Å². The van der Waals surface area contributed by atoms with E-state index in [1.54, 1.807) is 6.07 Å². The molecule has 0 aliphatic rings. The van der Waals surface area contributed by atoms with Crippen LogP contribution in [0.2, 0.25) is 0 Å². The molecule has 6 heteroatoms. The number of halogens is 1. The number of amides is 1. The van der Waals surface area contributed by atoms with Crippen LogP contribution in [0.3, 0.4) is 0 Å². The van der Waals surface area contributed by atoms with Gasteiger partial charge in [-0.3, -0.25) is 9.59 Å². The molecule has 0 atom stereocenters. The molecule has 0 spiro atoms. The Balaban J connectivity index is 2.03. The molecule has 2 rings (SSSR count). The Morgan fingerprint density at radius 1 is 1.25 bits per heavy atom. The van der Waals surface area contributed by atoms with E-state index in [4.69, 9.17) is 5.11 Å². The summed E-state index contributed by atoms with van der Waals surface area (Å²) in [5.41, 5.74) is 0.754. The highest BCUT2D eigenvalue weighted by molar-refractivity contribution is 5.94. The van der Waals surface area contributed by atoms with Gasteiger partial charge in [0.15, 0.2) is 0 Å². The van der Waals surface area contributed by atoms with Crippen molar-refractivity contribution in [1.82, 2.24) is 10.3 Å². The van der Waals surface area contributed by atoms with Gasteiger partial charge in [0.25, 0.3) is 5.91 Å². The first-order valence-electron chi connectivity index (χ1n) is 6.12. The van der Waals surface area contributed by atoms with Crippen LogP contribution in [0.1, 0.15) is 23.3 Å². The highest BCUT2D eigenvalue weighted by Crippen LogP contribution is 2.14. The lowest BCUT2D eigenvalue weighted by molar-refractivity contribution is -0.137. The lowest BCUT2D eigenvalue weighted by atomic mass is 10.2. The molecule has 0 bridgehead atoms. The number of carboxylic acids is 1. The Morgan fingerprint density at radius 2 is 2.05 bits per heavy atom. The van der Waals surface area contributed by atoms with E-state index in [1.807, 2.05) is 0 Å². The molecule has 104 valence electrons. The zero-order valence-electron chi connectivity index (χ0n) is 10.6. The average molecular weight is 276 g/mol. The van der Waals surface area contributed by atoms with Gasteiger partial charge in [0, 0.05) is 18.4 Å². The van der Waals surface area contributed by atoms with Crippen LogP contribution in [0.25, 0.3) is 10.9 Å². The Hall–Kier alpha value is -2.50. The highest BCUT2D eigenvalue weighted by Gasteiger charge is 2.08. The van der Waals surface area contributed by atoms with E-state index in [1.165, 1.54) is 24.3 Å². The normalized spacial score (nSPS) is 10.4. The molecule has 2 N–H and O–H groups in total. The number of aromatic nitrogens is 1. The van der Waals surface area contributed by atoms with Gasteiger partial charge in [0.2, 0.25) is 0 Å². The van der Waals surface area contributed by atoms with E-state index in [9.17, 15) is 14.0 Å². The molecule has 1 heterocycles. The summed E-state index contributed by atoms with van der Waals surface area (Å²) < 4.78 is 13.0. The zero-order chi connectivity index (χ0) is 14.5. The monoisotopic (exact) mass is 276 g/mol. The van der Waals surface area contributed by atoms with Crippen molar-refractivity contribution in [1.29, 1.82) is 0 Å². The molecule has 0 aliphatic heterocycles. The van der Waals surface area contributed by atoms with Gasteiger partial charge in [0.05, 0.1) is 5.52 Å². The number of carboxylic acid groups (broad SMARTS) is 1. The Morgan fingerprint density at radius 3 is 2.80 bits per heavy atom. The van der Waals surface area contributed by atoms with Crippen molar-refractivity contribution in [2.75, 3.05) is 6.54 Å². The summed E-state index contributed by atoms with van der Waals surface area (Å²) in [4.78, 5) is 26.3. The number of hydrogen-bond donors (Lipinski definition) is 2. The molecule has 1 amide bonds. The maximum Gasteiger partial charge on any atom is 0.303 e. The molecule has 5 nitrogen and oxygen atoms in total. The van der Waals surface area contributed by atoms with Crippen molar-refractivity contribution >= 4 is 22.8 Å². The number of nitrogens with one attached hydrogen (secondary N) is 1. The number of hydrogen-bond acceptors (Lipinski definition) is 3. The van der Waals surface area contributed by atoms with Crippen LogP contribution in [0.5, 0.6) is 0 Å². The Kier molecular flexibility index (Phi) is 4.24. The molecule has 0 radical (unpaired) electrons. The fourth-order valence-electron chi connectivity index (χ4n) is 1.75. The predicted octanol–water partition coefficient (Wildman–Crippen LogP) is 1.97. The van der Waals surface area contributed by atoms with Crippen molar-refractivity contribution in [3.63, 3.8) is 0 Å². The summed E-state index contributed by atoms with van der Waals surface area (Å²) in [6, 6.07) is 7.26. The number of carbonyl (C=O) groups is 2. The van der Waals surface area contributed by atoms with E-state index in [0.717, 1.165) is 0 Å². The molecular weight excluding hydrogens is 263 g/mol. The van der Waals surface area contributed by atoms with E-state index in [-0.39, 0.29) is 30.4 Å². The number of fused-ring (bicyclic) bond motifs is 1. The van der Waals surface area contributed by atoms with E-state index >= 15 is 0 Å². The fourth-order valence-corrected chi connectivity index (χ4v) is 1.75. The van der Waals surface area contributed by atoms with Gasteiger partial charge in [-0.2, -0.15) is 0 Å². The first-order chi connectivity index (χ1) is 9.56. The highest BCUT2D eigenvalue weighted by atomic mass is 19.1. The van der Waals surface area contributed by atoms with Gasteiger partial charge in [-0.15, -0.1) is 0 Å². The summed E-state index contributed by atoms with van der Waals surface area (Å²) >= 11 is 0. The van der Waals surface area contributed by atoms with Gasteiger partial charge in [-0.1, -0.05) is 6.07 Å². The van der Waals surface area contributed by atoms with Gasteiger partial charge < -0.3 is 10.4 Å². The summed E-state index contributed by atoms with van der Waals surface area (Å²) in [7, 11) is 0. The van der Waals surface area contributed by atoms with Crippen LogP contribution in [0, 0.1) is 5.82 Å². The average Bonchev–Trinajstić information content (AvgIpc) is 2.42. The number of carbonyl (C=O) groups excluding carboxylic acids is 1. The molecular formula is C14H13FN2O3. The minimum absolute atomic E-state index is 0.00467. The number of rotatable bonds is 5. The number of benzene rings is 1. The largest absolute Gasteiger partial charge is 0.481 e. The van der Waals surface area contributed by atoms with Crippen molar-refractivity contribution in [2.45, 2.75) is 12.8 Å². The van der Waals surface area contributed by atoms with Crippen LogP contribution in [-0.2, 0) is 4.79 Å². The van der Waals surface area contributed by atoms with Gasteiger partial charge >= 0.3 is 5.97 Å². The maximum atomic E-state index is 13.0. The maximum absolute atomic E-state index is 13.0. The Labute approximate surface area is 114 Å². The van der Waals surface area contributed by atoms with Crippen LogP contribution in [0.4, 0.5) is 4.39 Å². The smallest absolute Gasteiger partial charge is 0.303 e. The Bertz CT molecular complexity index is 658. The molecule has 0 saturated heterocycles. The SMILES string of the molecule is O=C(O)CCCNC(=O)c1ccc2cc(F)ccc2n1. The fraction of sp³-hybridized carbons (Fsp3) is 0.214. The van der Waals surface area contributed by atoms with Gasteiger partial charge in [0.1, 0.15) is 11.5 Å². The third-order valence-corrected chi connectivity index (χ3v) is 2.74. The molecule has 0 saturated carbocycles. The van der Waals surface area contributed by atoms with Crippen LogP contribution in [-0.4, -0.2) is 28.5 Å². The van der Waals surface area contributed by atoms with Crippen molar-refractivity contribution in [3.05, 3.63) is 41.8 Å².